The van der Waals surface area contributed by atoms with Crippen LogP contribution < -0.4 is 0 Å². The van der Waals surface area contributed by atoms with Gasteiger partial charge in [-0.3, -0.25) is 0 Å². The molecule has 0 saturated carbocycles. The van der Waals surface area contributed by atoms with E-state index in [2.05, 4.69) is 0 Å². The maximum absolute atomic E-state index is 13.3. The first-order chi connectivity index (χ1) is 7.36. The first kappa shape index (κ1) is 9.91. The second-order valence-corrected chi connectivity index (χ2v) is 3.42. The van der Waals surface area contributed by atoms with Crippen LogP contribution in [-0.4, -0.2) is 0 Å². The van der Waals surface area contributed by atoms with Gasteiger partial charge in [0.05, 0.1) is 0 Å². The molecule has 0 amide bonds. The van der Waals surface area contributed by atoms with Crippen LogP contribution in [0.25, 0.3) is 0 Å². The zero-order valence-corrected chi connectivity index (χ0v) is 8.36. The third-order valence-corrected chi connectivity index (χ3v) is 2.31. The van der Waals surface area contributed by atoms with Crippen LogP contribution in [0.2, 0.25) is 0 Å². The Balaban J connectivity index is 2.03. The lowest BCUT2D eigenvalue weighted by Gasteiger charge is -2.02. The summed E-state index contributed by atoms with van der Waals surface area (Å²) in [6.45, 7) is 0. The van der Waals surface area contributed by atoms with Crippen molar-refractivity contribution in [1.29, 1.82) is 0 Å². The molecule has 0 bridgehead atoms. The molecule has 1 radical (unpaired) electrons. The van der Waals surface area contributed by atoms with Crippen LogP contribution in [0.3, 0.4) is 0 Å². The highest BCUT2D eigenvalue weighted by Crippen LogP contribution is 2.12. The lowest BCUT2D eigenvalue weighted by atomic mass is 10.0. The van der Waals surface area contributed by atoms with Gasteiger partial charge in [-0.2, -0.15) is 0 Å². The Bertz CT molecular complexity index is 420. The molecule has 0 aliphatic rings. The Morgan fingerprint density at radius 2 is 1.53 bits per heavy atom. The van der Waals surface area contributed by atoms with E-state index in [1.807, 2.05) is 42.8 Å². The predicted molar refractivity (Wildman–Crippen MR) is 59.9 cm³/mol. The summed E-state index contributed by atoms with van der Waals surface area (Å²) >= 11 is 0. The van der Waals surface area contributed by atoms with E-state index in [0.29, 0.717) is 5.56 Å². The second kappa shape index (κ2) is 4.74. The first-order valence-corrected chi connectivity index (χ1v) is 4.98. The van der Waals surface area contributed by atoms with E-state index in [4.69, 9.17) is 0 Å². The molecule has 0 atom stereocenters. The summed E-state index contributed by atoms with van der Waals surface area (Å²) in [7, 11) is 0. The van der Waals surface area contributed by atoms with Gasteiger partial charge >= 0.3 is 0 Å². The lowest BCUT2D eigenvalue weighted by Crippen LogP contribution is -1.91. The van der Waals surface area contributed by atoms with Gasteiger partial charge in [-0.05, 0) is 30.0 Å². The molecule has 2 aromatic rings. The van der Waals surface area contributed by atoms with Gasteiger partial charge in [-0.25, -0.2) is 4.39 Å². The monoisotopic (exact) mass is 199 g/mol. The predicted octanol–water partition coefficient (Wildman–Crippen LogP) is 3.62. The van der Waals surface area contributed by atoms with Gasteiger partial charge in [-0.15, -0.1) is 0 Å². The summed E-state index contributed by atoms with van der Waals surface area (Å²) in [6.07, 6.45) is 2.67. The Hall–Kier alpha value is -1.63. The third kappa shape index (κ3) is 2.66. The van der Waals surface area contributed by atoms with Crippen LogP contribution in [-0.2, 0) is 6.42 Å². The normalized spacial score (nSPS) is 10.2. The zero-order chi connectivity index (χ0) is 10.5. The maximum Gasteiger partial charge on any atom is 0.126 e. The Morgan fingerprint density at radius 1 is 0.867 bits per heavy atom. The standard InChI is InChI=1S/C14H12F/c15-14-9-5-4-8-13(14)11-10-12-6-2-1-3-7-12/h1-9,11H,10H2. The molecule has 0 nitrogen and oxygen atoms in total. The van der Waals surface area contributed by atoms with E-state index in [-0.39, 0.29) is 5.82 Å². The smallest absolute Gasteiger partial charge is 0.126 e. The highest BCUT2D eigenvalue weighted by Gasteiger charge is 2.00. The molecule has 2 aromatic carbocycles. The lowest BCUT2D eigenvalue weighted by molar-refractivity contribution is 0.619. The van der Waals surface area contributed by atoms with Crippen LogP contribution in [0.5, 0.6) is 0 Å². The van der Waals surface area contributed by atoms with E-state index in [0.717, 1.165) is 6.42 Å². The van der Waals surface area contributed by atoms with E-state index < -0.39 is 0 Å². The molecule has 0 heterocycles. The largest absolute Gasteiger partial charge is 0.207 e. The first-order valence-electron chi connectivity index (χ1n) is 4.98. The Morgan fingerprint density at radius 3 is 2.27 bits per heavy atom. The molecule has 15 heavy (non-hydrogen) atoms. The summed E-state index contributed by atoms with van der Waals surface area (Å²) in [5.41, 5.74) is 1.86. The van der Waals surface area contributed by atoms with Crippen molar-refractivity contribution in [3.05, 3.63) is 78.0 Å². The van der Waals surface area contributed by atoms with Gasteiger partial charge in [0, 0.05) is 0 Å². The van der Waals surface area contributed by atoms with Gasteiger partial charge in [0.2, 0.25) is 0 Å². The fourth-order valence-electron chi connectivity index (χ4n) is 1.48. The van der Waals surface area contributed by atoms with Gasteiger partial charge in [-0.1, -0.05) is 48.5 Å². The molecular formula is C14H12F. The van der Waals surface area contributed by atoms with Crippen molar-refractivity contribution >= 4 is 0 Å². The van der Waals surface area contributed by atoms with Crippen LogP contribution in [0, 0.1) is 12.2 Å². The van der Waals surface area contributed by atoms with Crippen molar-refractivity contribution < 1.29 is 4.39 Å². The number of halogens is 1. The highest BCUT2D eigenvalue weighted by atomic mass is 19.1. The maximum atomic E-state index is 13.3. The molecule has 0 N–H and O–H groups in total. The van der Waals surface area contributed by atoms with Gasteiger partial charge in [0.15, 0.2) is 0 Å². The molecule has 75 valence electrons. The molecule has 2 rings (SSSR count). The molecule has 0 fully saturated rings. The van der Waals surface area contributed by atoms with Crippen LogP contribution in [0.15, 0.2) is 54.6 Å². The topological polar surface area (TPSA) is 0 Å². The summed E-state index contributed by atoms with van der Waals surface area (Å²) in [4.78, 5) is 0. The van der Waals surface area contributed by atoms with Crippen molar-refractivity contribution in [2.45, 2.75) is 6.42 Å². The second-order valence-electron chi connectivity index (χ2n) is 3.42. The molecule has 0 aliphatic carbocycles. The van der Waals surface area contributed by atoms with Crippen LogP contribution in [0.4, 0.5) is 4.39 Å². The van der Waals surface area contributed by atoms with E-state index in [1.54, 1.807) is 12.1 Å². The Kier molecular flexibility index (Phi) is 3.13. The fourth-order valence-corrected chi connectivity index (χ4v) is 1.48. The summed E-state index contributed by atoms with van der Waals surface area (Å²) in [5.74, 6) is -0.159. The van der Waals surface area contributed by atoms with Crippen molar-refractivity contribution in [3.8, 4) is 0 Å². The van der Waals surface area contributed by atoms with E-state index >= 15 is 0 Å². The van der Waals surface area contributed by atoms with E-state index in [9.17, 15) is 4.39 Å². The average Bonchev–Trinajstić information content (AvgIpc) is 2.29. The minimum absolute atomic E-state index is 0.159. The number of hydrogen-bond acceptors (Lipinski definition) is 0. The van der Waals surface area contributed by atoms with Crippen LogP contribution in [0.1, 0.15) is 11.1 Å². The molecule has 0 saturated heterocycles. The number of hydrogen-bond donors (Lipinski definition) is 0. The van der Waals surface area contributed by atoms with Gasteiger partial charge < -0.3 is 0 Å². The molecule has 0 unspecified atom stereocenters. The van der Waals surface area contributed by atoms with Crippen LogP contribution >= 0.6 is 0 Å². The van der Waals surface area contributed by atoms with Crippen molar-refractivity contribution in [2.75, 3.05) is 0 Å². The van der Waals surface area contributed by atoms with Crippen molar-refractivity contribution in [1.82, 2.24) is 0 Å². The Labute approximate surface area is 89.4 Å². The van der Waals surface area contributed by atoms with Crippen molar-refractivity contribution in [2.24, 2.45) is 0 Å². The number of benzene rings is 2. The summed E-state index contributed by atoms with van der Waals surface area (Å²) in [5, 5.41) is 0. The molecule has 0 spiro atoms. The van der Waals surface area contributed by atoms with Gasteiger partial charge in [0.1, 0.15) is 5.82 Å². The quantitative estimate of drug-likeness (QED) is 0.708. The third-order valence-electron chi connectivity index (χ3n) is 2.31. The molecule has 0 aliphatic heterocycles. The zero-order valence-electron chi connectivity index (χ0n) is 8.36. The molecular weight excluding hydrogens is 187 g/mol. The molecule has 1 heteroatoms. The van der Waals surface area contributed by atoms with Gasteiger partial charge in [0.25, 0.3) is 0 Å². The SMILES string of the molecule is Fc1ccccc1[CH]Cc1ccccc1. The minimum Gasteiger partial charge on any atom is -0.207 e. The fraction of sp³-hybridized carbons (Fsp3) is 0.0714. The van der Waals surface area contributed by atoms with E-state index in [1.165, 1.54) is 11.6 Å². The average molecular weight is 199 g/mol. The highest BCUT2D eigenvalue weighted by molar-refractivity contribution is 5.28. The summed E-state index contributed by atoms with van der Waals surface area (Å²) in [6, 6.07) is 16.9. The number of rotatable bonds is 3. The summed E-state index contributed by atoms with van der Waals surface area (Å²) < 4.78 is 13.3. The molecule has 0 aromatic heterocycles. The minimum atomic E-state index is -0.159. The van der Waals surface area contributed by atoms with Crippen molar-refractivity contribution in [3.63, 3.8) is 0 Å².